The van der Waals surface area contributed by atoms with E-state index in [-0.39, 0.29) is 5.91 Å². The van der Waals surface area contributed by atoms with Crippen LogP contribution in [0.15, 0.2) is 76.3 Å². The van der Waals surface area contributed by atoms with Crippen LogP contribution >= 0.6 is 11.8 Å². The van der Waals surface area contributed by atoms with Crippen molar-refractivity contribution in [2.24, 2.45) is 4.99 Å². The Morgan fingerprint density at radius 1 is 1.17 bits per heavy atom. The Balaban J connectivity index is 1.83. The van der Waals surface area contributed by atoms with Gasteiger partial charge in [-0.15, -0.1) is 0 Å². The van der Waals surface area contributed by atoms with Crippen molar-refractivity contribution in [3.05, 3.63) is 76.8 Å². The predicted molar refractivity (Wildman–Crippen MR) is 99.9 cm³/mol. The summed E-state index contributed by atoms with van der Waals surface area (Å²) in [6.07, 6.45) is 5.64. The average Bonchev–Trinajstić information content (AvgIpc) is 2.85. The van der Waals surface area contributed by atoms with Gasteiger partial charge in [-0.2, -0.15) is 0 Å². The Morgan fingerprint density at radius 3 is 2.62 bits per heavy atom. The van der Waals surface area contributed by atoms with E-state index >= 15 is 0 Å². The van der Waals surface area contributed by atoms with Crippen LogP contribution in [-0.4, -0.2) is 28.0 Å². The van der Waals surface area contributed by atoms with Gasteiger partial charge in [0.2, 0.25) is 0 Å². The lowest BCUT2D eigenvalue weighted by Gasteiger charge is -2.06. The summed E-state index contributed by atoms with van der Waals surface area (Å²) < 4.78 is 0. The molecule has 2 heterocycles. The summed E-state index contributed by atoms with van der Waals surface area (Å²) >= 11 is 1.37. The smallest absolute Gasteiger partial charge is 0.266 e. The first-order chi connectivity index (χ1) is 11.6. The molecular formula is C19H17N3OS. The van der Waals surface area contributed by atoms with Crippen LogP contribution in [0.3, 0.4) is 0 Å². The van der Waals surface area contributed by atoms with Crippen LogP contribution in [0.25, 0.3) is 6.08 Å². The number of nitrogens with zero attached hydrogens (tertiary/aromatic N) is 3. The standard InChI is InChI=1S/C19H17N3OS/c1-14(12-15-8-4-3-5-9-15)13-16-18(23)22(2)19(24-16)21-17-10-6-7-11-20-17/h3-13H,1-2H3/b14-12+,16-13-,21-19+. The SMILES string of the molecule is CC(/C=C1\S/C(=N/c2ccccn2)N(C)C1=O)=C\c1ccccc1. The second kappa shape index (κ2) is 7.27. The number of allylic oxidation sites excluding steroid dienone is 2. The monoisotopic (exact) mass is 335 g/mol. The van der Waals surface area contributed by atoms with Crippen LogP contribution in [0, 0.1) is 0 Å². The lowest BCUT2D eigenvalue weighted by molar-refractivity contribution is -0.121. The first-order valence-corrected chi connectivity index (χ1v) is 8.36. The van der Waals surface area contributed by atoms with Crippen LogP contribution < -0.4 is 0 Å². The summed E-state index contributed by atoms with van der Waals surface area (Å²) in [5.41, 5.74) is 2.13. The molecule has 2 aromatic rings. The molecule has 1 saturated heterocycles. The molecule has 0 saturated carbocycles. The molecule has 1 aliphatic heterocycles. The molecule has 24 heavy (non-hydrogen) atoms. The summed E-state index contributed by atoms with van der Waals surface area (Å²) in [4.78, 5) is 23.2. The first kappa shape index (κ1) is 16.2. The molecule has 4 nitrogen and oxygen atoms in total. The first-order valence-electron chi connectivity index (χ1n) is 7.54. The number of likely N-dealkylation sites (N-methyl/N-ethyl adjacent to an activating group) is 1. The fraction of sp³-hybridized carbons (Fsp3) is 0.105. The van der Waals surface area contributed by atoms with Crippen molar-refractivity contribution in [2.75, 3.05) is 7.05 Å². The fourth-order valence-corrected chi connectivity index (χ4v) is 3.25. The van der Waals surface area contributed by atoms with Gasteiger partial charge in [0.25, 0.3) is 5.91 Å². The van der Waals surface area contributed by atoms with E-state index in [0.717, 1.165) is 11.1 Å². The van der Waals surface area contributed by atoms with E-state index in [1.54, 1.807) is 18.1 Å². The number of pyridine rings is 1. The molecule has 0 bridgehead atoms. The number of rotatable bonds is 3. The molecule has 5 heteroatoms. The highest BCUT2D eigenvalue weighted by molar-refractivity contribution is 8.18. The van der Waals surface area contributed by atoms with E-state index < -0.39 is 0 Å². The summed E-state index contributed by atoms with van der Waals surface area (Å²) in [7, 11) is 1.73. The molecule has 1 aromatic carbocycles. The van der Waals surface area contributed by atoms with E-state index in [0.29, 0.717) is 15.9 Å². The minimum Gasteiger partial charge on any atom is -0.289 e. The maximum atomic E-state index is 12.4. The third kappa shape index (κ3) is 3.81. The van der Waals surface area contributed by atoms with E-state index in [9.17, 15) is 4.79 Å². The Bertz CT molecular complexity index is 826. The molecule has 3 rings (SSSR count). The van der Waals surface area contributed by atoms with Crippen LogP contribution in [0.2, 0.25) is 0 Å². The van der Waals surface area contributed by atoms with Gasteiger partial charge in [0.05, 0.1) is 4.91 Å². The number of carbonyl (C=O) groups excluding carboxylic acids is 1. The maximum absolute atomic E-state index is 12.4. The zero-order chi connectivity index (χ0) is 16.9. The quantitative estimate of drug-likeness (QED) is 0.787. The van der Waals surface area contributed by atoms with Gasteiger partial charge in [-0.3, -0.25) is 9.69 Å². The van der Waals surface area contributed by atoms with E-state index in [1.807, 2.05) is 61.5 Å². The lowest BCUT2D eigenvalue weighted by Crippen LogP contribution is -2.23. The highest BCUT2D eigenvalue weighted by Gasteiger charge is 2.30. The highest BCUT2D eigenvalue weighted by atomic mass is 32.2. The summed E-state index contributed by atoms with van der Waals surface area (Å²) in [5, 5.41) is 0.637. The minimum absolute atomic E-state index is 0.0458. The number of carbonyl (C=O) groups is 1. The molecule has 0 unspecified atom stereocenters. The van der Waals surface area contributed by atoms with Crippen LogP contribution in [-0.2, 0) is 4.79 Å². The molecule has 1 aromatic heterocycles. The van der Waals surface area contributed by atoms with Gasteiger partial charge in [0.1, 0.15) is 0 Å². The Hall–Kier alpha value is -2.66. The normalized spacial score (nSPS) is 18.7. The highest BCUT2D eigenvalue weighted by Crippen LogP contribution is 2.32. The second-order valence-corrected chi connectivity index (χ2v) is 6.37. The maximum Gasteiger partial charge on any atom is 0.266 e. The number of hydrogen-bond donors (Lipinski definition) is 0. The average molecular weight is 335 g/mol. The van der Waals surface area contributed by atoms with Crippen molar-refractivity contribution >= 4 is 34.7 Å². The number of hydrogen-bond acceptors (Lipinski definition) is 4. The molecule has 0 aliphatic carbocycles. The summed E-state index contributed by atoms with van der Waals surface area (Å²) in [6.45, 7) is 1.99. The summed E-state index contributed by atoms with van der Waals surface area (Å²) in [6, 6.07) is 15.6. The third-order valence-electron chi connectivity index (χ3n) is 3.42. The molecule has 1 amide bonds. The Morgan fingerprint density at radius 2 is 1.92 bits per heavy atom. The Labute approximate surface area is 145 Å². The number of amides is 1. The molecule has 0 N–H and O–H groups in total. The van der Waals surface area contributed by atoms with Crippen molar-refractivity contribution in [3.63, 3.8) is 0 Å². The van der Waals surface area contributed by atoms with Gasteiger partial charge in [0.15, 0.2) is 11.0 Å². The number of amidine groups is 1. The largest absolute Gasteiger partial charge is 0.289 e. The van der Waals surface area contributed by atoms with Crippen molar-refractivity contribution in [1.82, 2.24) is 9.88 Å². The van der Waals surface area contributed by atoms with E-state index in [4.69, 9.17) is 0 Å². The van der Waals surface area contributed by atoms with Gasteiger partial charge < -0.3 is 0 Å². The number of aromatic nitrogens is 1. The number of aliphatic imine (C=N–C) groups is 1. The third-order valence-corrected chi connectivity index (χ3v) is 4.48. The zero-order valence-electron chi connectivity index (χ0n) is 13.5. The van der Waals surface area contributed by atoms with Gasteiger partial charge >= 0.3 is 0 Å². The lowest BCUT2D eigenvalue weighted by atomic mass is 10.1. The Kier molecular flexibility index (Phi) is 4.91. The molecule has 1 fully saturated rings. The van der Waals surface area contributed by atoms with Gasteiger partial charge in [-0.25, -0.2) is 9.98 Å². The van der Waals surface area contributed by atoms with Crippen molar-refractivity contribution in [3.8, 4) is 0 Å². The van der Waals surface area contributed by atoms with Crippen LogP contribution in [0.1, 0.15) is 12.5 Å². The number of thioether (sulfide) groups is 1. The molecule has 0 radical (unpaired) electrons. The zero-order valence-corrected chi connectivity index (χ0v) is 14.3. The van der Waals surface area contributed by atoms with Crippen molar-refractivity contribution in [2.45, 2.75) is 6.92 Å². The summed E-state index contributed by atoms with van der Waals surface area (Å²) in [5.74, 6) is 0.549. The minimum atomic E-state index is -0.0458. The van der Waals surface area contributed by atoms with Crippen LogP contribution in [0.4, 0.5) is 5.82 Å². The van der Waals surface area contributed by atoms with Crippen LogP contribution in [0.5, 0.6) is 0 Å². The molecular weight excluding hydrogens is 318 g/mol. The van der Waals surface area contributed by atoms with E-state index in [2.05, 4.69) is 16.1 Å². The molecule has 0 atom stereocenters. The van der Waals surface area contributed by atoms with Crippen molar-refractivity contribution < 1.29 is 4.79 Å². The molecule has 0 spiro atoms. The van der Waals surface area contributed by atoms with Gasteiger partial charge in [-0.1, -0.05) is 42.5 Å². The molecule has 120 valence electrons. The second-order valence-electron chi connectivity index (χ2n) is 5.36. The number of benzene rings is 1. The van der Waals surface area contributed by atoms with Gasteiger partial charge in [-0.05, 0) is 48.0 Å². The van der Waals surface area contributed by atoms with Crippen molar-refractivity contribution in [1.29, 1.82) is 0 Å². The van der Waals surface area contributed by atoms with E-state index in [1.165, 1.54) is 11.8 Å². The fourth-order valence-electron chi connectivity index (χ4n) is 2.23. The predicted octanol–water partition coefficient (Wildman–Crippen LogP) is 4.26. The molecule has 1 aliphatic rings. The van der Waals surface area contributed by atoms with Gasteiger partial charge in [0, 0.05) is 13.2 Å². The topological polar surface area (TPSA) is 45.6 Å².